The number of fused-ring (bicyclic) bond motifs is 1. The quantitative estimate of drug-likeness (QED) is 0.224. The Balaban J connectivity index is 1.74. The lowest BCUT2D eigenvalue weighted by atomic mass is 10.3. The first-order chi connectivity index (χ1) is 10.8. The van der Waals surface area contributed by atoms with Gasteiger partial charge < -0.3 is 0 Å². The predicted molar refractivity (Wildman–Crippen MR) is 95.4 cm³/mol. The maximum Gasteiger partial charge on any atom is 0.231 e. The van der Waals surface area contributed by atoms with Crippen LogP contribution in [-0.4, -0.2) is 16.1 Å². The lowest BCUT2D eigenvalue weighted by Crippen LogP contribution is -1.99. The minimum atomic E-state index is 0.501. The molecule has 0 atom stereocenters. The van der Waals surface area contributed by atoms with Gasteiger partial charge in [-0.3, -0.25) is 5.43 Å². The fourth-order valence-electron chi connectivity index (χ4n) is 1.72. The Labute approximate surface area is 139 Å². The smallest absolute Gasteiger partial charge is 0.231 e. The van der Waals surface area contributed by atoms with Gasteiger partial charge >= 0.3 is 0 Å². The number of thiazole rings is 1. The van der Waals surface area contributed by atoms with Gasteiger partial charge in [-0.2, -0.15) is 5.10 Å². The summed E-state index contributed by atoms with van der Waals surface area (Å²) in [4.78, 5) is 4.40. The summed E-state index contributed by atoms with van der Waals surface area (Å²) in [7, 11) is 0. The van der Waals surface area contributed by atoms with Crippen molar-refractivity contribution in [2.75, 3.05) is 10.8 Å². The Morgan fingerprint density at radius 2 is 1.86 bits per heavy atom. The highest BCUT2D eigenvalue weighted by molar-refractivity contribution is 9.09. The van der Waals surface area contributed by atoms with E-state index in [0.29, 0.717) is 16.3 Å². The highest BCUT2D eigenvalue weighted by Crippen LogP contribution is 2.27. The predicted octanol–water partition coefficient (Wildman–Crippen LogP) is 5.20. The van der Waals surface area contributed by atoms with E-state index < -0.39 is 0 Å². The zero-order chi connectivity index (χ0) is 15.2. The molecule has 3 aromatic rings. The normalized spacial score (nSPS) is 12.1. The molecule has 0 spiro atoms. The molecule has 0 aliphatic rings. The van der Waals surface area contributed by atoms with Gasteiger partial charge in [0.1, 0.15) is 0 Å². The lowest BCUT2D eigenvalue weighted by molar-refractivity contribution is 1.20. The molecule has 0 amide bonds. The van der Waals surface area contributed by atoms with E-state index >= 15 is 0 Å². The van der Waals surface area contributed by atoms with E-state index in [1.165, 1.54) is 11.3 Å². The number of aromatic nitrogens is 1. The minimum Gasteiger partial charge on any atom is -0.277 e. The van der Waals surface area contributed by atoms with Gasteiger partial charge in [-0.15, -0.1) is 10.2 Å². The molecule has 2 aromatic carbocycles. The third-order valence-corrected chi connectivity index (χ3v) is 4.16. The van der Waals surface area contributed by atoms with Crippen LogP contribution < -0.4 is 5.43 Å². The third-order valence-electron chi connectivity index (χ3n) is 2.74. The molecule has 1 heterocycles. The van der Waals surface area contributed by atoms with Crippen LogP contribution in [0.25, 0.3) is 10.2 Å². The first-order valence-corrected chi connectivity index (χ1v) is 8.50. The van der Waals surface area contributed by atoms with Crippen molar-refractivity contribution in [3.63, 3.8) is 0 Å². The molecular formula is C15H12BrN5S. The van der Waals surface area contributed by atoms with Crippen molar-refractivity contribution in [2.24, 2.45) is 15.3 Å². The number of alkyl halides is 1. The average Bonchev–Trinajstić information content (AvgIpc) is 2.99. The molecule has 0 unspecified atom stereocenters. The first kappa shape index (κ1) is 14.8. The van der Waals surface area contributed by atoms with Crippen LogP contribution in [0.4, 0.5) is 10.8 Å². The molecule has 0 radical (unpaired) electrons. The molecule has 7 heteroatoms. The molecule has 5 nitrogen and oxygen atoms in total. The fourth-order valence-corrected chi connectivity index (χ4v) is 2.75. The zero-order valence-corrected chi connectivity index (χ0v) is 13.9. The standard InChI is InChI=1S/C15H12BrN5S/c16-10-14(19-18-11-6-2-1-3-7-11)20-21-15-17-12-8-4-5-9-13(12)22-15/h1-9,18H,10H2/b19-14+,21-20?. The highest BCUT2D eigenvalue weighted by Gasteiger charge is 2.02. The molecule has 0 saturated heterocycles. The molecule has 0 saturated carbocycles. The molecule has 22 heavy (non-hydrogen) atoms. The molecule has 3 rings (SSSR count). The number of hydrogen-bond acceptors (Lipinski definition) is 5. The van der Waals surface area contributed by atoms with Crippen molar-refractivity contribution in [3.8, 4) is 0 Å². The third kappa shape index (κ3) is 3.75. The Hall–Kier alpha value is -2.12. The molecule has 0 fully saturated rings. The average molecular weight is 374 g/mol. The second kappa shape index (κ2) is 7.24. The number of amidine groups is 1. The van der Waals surface area contributed by atoms with Crippen molar-refractivity contribution in [3.05, 3.63) is 54.6 Å². The van der Waals surface area contributed by atoms with Crippen LogP contribution in [0, 0.1) is 0 Å². The van der Waals surface area contributed by atoms with Gasteiger partial charge in [0.05, 0.1) is 21.2 Å². The molecule has 110 valence electrons. The van der Waals surface area contributed by atoms with Gasteiger partial charge in [-0.25, -0.2) is 4.98 Å². The van der Waals surface area contributed by atoms with Crippen molar-refractivity contribution >= 4 is 54.1 Å². The van der Waals surface area contributed by atoms with Crippen LogP contribution in [0.1, 0.15) is 0 Å². The van der Waals surface area contributed by atoms with Gasteiger partial charge in [-0.1, -0.05) is 57.6 Å². The van der Waals surface area contributed by atoms with E-state index in [-0.39, 0.29) is 0 Å². The second-order valence-electron chi connectivity index (χ2n) is 4.30. The lowest BCUT2D eigenvalue weighted by Gasteiger charge is -1.99. The molecule has 1 N–H and O–H groups in total. The summed E-state index contributed by atoms with van der Waals surface area (Å²) in [5.41, 5.74) is 4.78. The molecule has 0 bridgehead atoms. The van der Waals surface area contributed by atoms with Crippen LogP contribution in [0.2, 0.25) is 0 Å². The number of halogens is 1. The van der Waals surface area contributed by atoms with Crippen LogP contribution in [0.5, 0.6) is 0 Å². The van der Waals surface area contributed by atoms with Crippen LogP contribution in [0.3, 0.4) is 0 Å². The Morgan fingerprint density at radius 3 is 2.64 bits per heavy atom. The monoisotopic (exact) mass is 373 g/mol. The SMILES string of the molecule is BrC/C(N=Nc1nc2ccccc2s1)=N\Nc1ccccc1. The second-order valence-corrected chi connectivity index (χ2v) is 5.87. The van der Waals surface area contributed by atoms with Gasteiger partial charge in [0.25, 0.3) is 0 Å². The van der Waals surface area contributed by atoms with Crippen molar-refractivity contribution in [1.29, 1.82) is 0 Å². The number of benzene rings is 2. The van der Waals surface area contributed by atoms with E-state index in [4.69, 9.17) is 0 Å². The number of hydrogen-bond donors (Lipinski definition) is 1. The summed E-state index contributed by atoms with van der Waals surface area (Å²) < 4.78 is 1.09. The molecular weight excluding hydrogens is 362 g/mol. The fraction of sp³-hybridized carbons (Fsp3) is 0.0667. The Morgan fingerprint density at radius 1 is 1.09 bits per heavy atom. The number of anilines is 1. The van der Waals surface area contributed by atoms with Gasteiger partial charge in [-0.05, 0) is 24.3 Å². The van der Waals surface area contributed by atoms with Crippen LogP contribution >= 0.6 is 27.3 Å². The van der Waals surface area contributed by atoms with E-state index in [9.17, 15) is 0 Å². The topological polar surface area (TPSA) is 62.0 Å². The largest absolute Gasteiger partial charge is 0.277 e. The van der Waals surface area contributed by atoms with E-state index in [1.807, 2.05) is 54.6 Å². The summed E-state index contributed by atoms with van der Waals surface area (Å²) in [5, 5.41) is 13.6. The van der Waals surface area contributed by atoms with Crippen LogP contribution in [-0.2, 0) is 0 Å². The Bertz CT molecular complexity index is 780. The number of para-hydroxylation sites is 2. The maximum atomic E-state index is 4.40. The van der Waals surface area contributed by atoms with Crippen LogP contribution in [0.15, 0.2) is 69.9 Å². The zero-order valence-electron chi connectivity index (χ0n) is 11.5. The number of azo groups is 1. The van der Waals surface area contributed by atoms with Gasteiger partial charge in [0.2, 0.25) is 5.13 Å². The van der Waals surface area contributed by atoms with E-state index in [1.54, 1.807) is 0 Å². The molecule has 0 aliphatic heterocycles. The van der Waals surface area contributed by atoms with Crippen molar-refractivity contribution in [2.45, 2.75) is 0 Å². The van der Waals surface area contributed by atoms with Crippen molar-refractivity contribution < 1.29 is 0 Å². The minimum absolute atomic E-state index is 0.501. The summed E-state index contributed by atoms with van der Waals surface area (Å²) >= 11 is 4.86. The Kier molecular flexibility index (Phi) is 4.87. The maximum absolute atomic E-state index is 4.40. The molecule has 1 aromatic heterocycles. The number of rotatable bonds is 4. The van der Waals surface area contributed by atoms with E-state index in [2.05, 4.69) is 41.7 Å². The number of nitrogens with one attached hydrogen (secondary N) is 1. The van der Waals surface area contributed by atoms with E-state index in [0.717, 1.165) is 15.9 Å². The summed E-state index contributed by atoms with van der Waals surface area (Å²) in [6.45, 7) is 0. The highest BCUT2D eigenvalue weighted by atomic mass is 79.9. The summed E-state index contributed by atoms with van der Waals surface area (Å²) in [6.07, 6.45) is 0. The van der Waals surface area contributed by atoms with Gasteiger partial charge in [0.15, 0.2) is 5.84 Å². The van der Waals surface area contributed by atoms with Gasteiger partial charge in [0, 0.05) is 0 Å². The number of hydrazone groups is 1. The molecule has 0 aliphatic carbocycles. The van der Waals surface area contributed by atoms with Crippen molar-refractivity contribution in [1.82, 2.24) is 4.98 Å². The summed E-state index contributed by atoms with van der Waals surface area (Å²) in [6, 6.07) is 17.6. The summed E-state index contributed by atoms with van der Waals surface area (Å²) in [5.74, 6) is 0.545. The number of nitrogens with zero attached hydrogens (tertiary/aromatic N) is 4. The first-order valence-electron chi connectivity index (χ1n) is 6.56.